The topological polar surface area (TPSA) is 17.1 Å². The molecule has 2 rings (SSSR count). The van der Waals surface area contributed by atoms with Crippen LogP contribution in [-0.2, 0) is 11.2 Å². The first-order valence-electron chi connectivity index (χ1n) is 5.95. The first-order valence-corrected chi connectivity index (χ1v) is 8.16. The maximum absolute atomic E-state index is 12.2. The van der Waals surface area contributed by atoms with Crippen molar-refractivity contribution in [1.82, 2.24) is 0 Å². The van der Waals surface area contributed by atoms with E-state index in [-0.39, 0.29) is 5.25 Å². The monoisotopic (exact) mass is 266 g/mol. The van der Waals surface area contributed by atoms with Crippen LogP contribution < -0.4 is 0 Å². The van der Waals surface area contributed by atoms with Gasteiger partial charge in [0.05, 0.1) is 5.25 Å². The number of ketones is 1. The van der Waals surface area contributed by atoms with Gasteiger partial charge in [-0.25, -0.2) is 0 Å². The molecule has 1 unspecified atom stereocenters. The summed E-state index contributed by atoms with van der Waals surface area (Å²) < 4.78 is 0. The molecule has 0 saturated carbocycles. The highest BCUT2D eigenvalue weighted by molar-refractivity contribution is 8.07. The Morgan fingerprint density at radius 3 is 2.59 bits per heavy atom. The van der Waals surface area contributed by atoms with Gasteiger partial charge in [-0.05, 0) is 30.5 Å². The van der Waals surface area contributed by atoms with Gasteiger partial charge in [0.15, 0.2) is 5.78 Å². The number of carbonyl (C=O) groups is 1. The van der Waals surface area contributed by atoms with Crippen LogP contribution in [0.15, 0.2) is 18.2 Å². The van der Waals surface area contributed by atoms with E-state index in [1.54, 1.807) is 0 Å². The minimum atomic E-state index is 0.216. The van der Waals surface area contributed by atoms with Gasteiger partial charge in [-0.15, -0.1) is 11.8 Å². The predicted molar refractivity (Wildman–Crippen MR) is 78.2 cm³/mol. The van der Waals surface area contributed by atoms with E-state index in [4.69, 9.17) is 0 Å². The zero-order chi connectivity index (χ0) is 12.3. The second-order valence-electron chi connectivity index (χ2n) is 4.45. The highest BCUT2D eigenvalue weighted by Gasteiger charge is 2.22. The van der Waals surface area contributed by atoms with Crippen molar-refractivity contribution in [3.63, 3.8) is 0 Å². The fourth-order valence-corrected chi connectivity index (χ4v) is 4.74. The van der Waals surface area contributed by atoms with Crippen LogP contribution in [0.25, 0.3) is 0 Å². The summed E-state index contributed by atoms with van der Waals surface area (Å²) in [6.07, 6.45) is 0.608. The molecule has 0 radical (unpaired) electrons. The van der Waals surface area contributed by atoms with Crippen molar-refractivity contribution in [2.45, 2.75) is 25.5 Å². The van der Waals surface area contributed by atoms with Gasteiger partial charge < -0.3 is 0 Å². The second kappa shape index (κ2) is 5.96. The normalized spacial score (nSPS) is 20.2. The number of hydrogen-bond acceptors (Lipinski definition) is 3. The van der Waals surface area contributed by atoms with E-state index < -0.39 is 0 Å². The first-order chi connectivity index (χ1) is 8.18. The molecular formula is C14H18OS2. The molecule has 1 atom stereocenters. The van der Waals surface area contributed by atoms with Crippen molar-refractivity contribution in [3.05, 3.63) is 34.9 Å². The Morgan fingerprint density at radius 2 is 2.00 bits per heavy atom. The Bertz CT molecular complexity index is 388. The lowest BCUT2D eigenvalue weighted by atomic mass is 9.97. The Morgan fingerprint density at radius 1 is 1.29 bits per heavy atom. The molecule has 1 aliphatic heterocycles. The molecule has 92 valence electrons. The van der Waals surface area contributed by atoms with E-state index in [0.717, 1.165) is 11.5 Å². The summed E-state index contributed by atoms with van der Waals surface area (Å²) in [7, 11) is 0. The van der Waals surface area contributed by atoms with Gasteiger partial charge in [0.1, 0.15) is 0 Å². The molecule has 0 bridgehead atoms. The molecule has 1 nitrogen and oxygen atoms in total. The van der Waals surface area contributed by atoms with Crippen molar-refractivity contribution in [1.29, 1.82) is 0 Å². The van der Waals surface area contributed by atoms with E-state index in [1.807, 2.05) is 23.5 Å². The molecule has 3 heteroatoms. The number of hydrogen-bond donors (Lipinski definition) is 0. The van der Waals surface area contributed by atoms with E-state index >= 15 is 0 Å². The van der Waals surface area contributed by atoms with Crippen LogP contribution in [0.5, 0.6) is 0 Å². The van der Waals surface area contributed by atoms with Gasteiger partial charge in [-0.3, -0.25) is 4.79 Å². The molecular weight excluding hydrogens is 248 g/mol. The molecule has 1 aromatic carbocycles. The van der Waals surface area contributed by atoms with E-state index in [1.165, 1.54) is 22.4 Å². The van der Waals surface area contributed by atoms with Crippen molar-refractivity contribution >= 4 is 29.3 Å². The minimum absolute atomic E-state index is 0.216. The van der Waals surface area contributed by atoms with Gasteiger partial charge in [0.25, 0.3) is 0 Å². The number of aryl methyl sites for hydroxylation is 2. The fourth-order valence-electron chi connectivity index (χ4n) is 2.09. The smallest absolute Gasteiger partial charge is 0.151 e. The van der Waals surface area contributed by atoms with E-state index in [2.05, 4.69) is 32.0 Å². The Hall–Kier alpha value is -0.410. The molecule has 0 N–H and O–H groups in total. The molecule has 1 saturated heterocycles. The summed E-state index contributed by atoms with van der Waals surface area (Å²) in [5.41, 5.74) is 3.72. The van der Waals surface area contributed by atoms with Gasteiger partial charge in [0.2, 0.25) is 0 Å². The van der Waals surface area contributed by atoms with Gasteiger partial charge in [-0.2, -0.15) is 11.8 Å². The number of carbonyl (C=O) groups excluding carboxylic acids is 1. The summed E-state index contributed by atoms with van der Waals surface area (Å²) in [6.45, 7) is 4.19. The molecule has 0 aliphatic carbocycles. The molecule has 1 aromatic rings. The zero-order valence-electron chi connectivity index (χ0n) is 10.4. The van der Waals surface area contributed by atoms with Crippen LogP contribution in [0, 0.1) is 13.8 Å². The highest BCUT2D eigenvalue weighted by Crippen LogP contribution is 2.26. The molecule has 1 aliphatic rings. The Kier molecular flexibility index (Phi) is 4.57. The van der Waals surface area contributed by atoms with Crippen molar-refractivity contribution in [3.8, 4) is 0 Å². The quantitative estimate of drug-likeness (QED) is 0.836. The third-order valence-electron chi connectivity index (χ3n) is 3.17. The van der Waals surface area contributed by atoms with Gasteiger partial charge >= 0.3 is 0 Å². The number of benzene rings is 1. The van der Waals surface area contributed by atoms with Crippen LogP contribution in [0.2, 0.25) is 0 Å². The van der Waals surface area contributed by atoms with Crippen LogP contribution >= 0.6 is 23.5 Å². The molecule has 1 heterocycles. The lowest BCUT2D eigenvalue weighted by Crippen LogP contribution is -2.26. The highest BCUT2D eigenvalue weighted by atomic mass is 32.2. The van der Waals surface area contributed by atoms with E-state index in [0.29, 0.717) is 12.2 Å². The SMILES string of the molecule is Cc1cccc(C)c1CC(=O)C1CSCCS1. The van der Waals surface area contributed by atoms with Crippen LogP contribution in [0.1, 0.15) is 16.7 Å². The third-order valence-corrected chi connectivity index (χ3v) is 5.97. The third kappa shape index (κ3) is 3.29. The summed E-state index contributed by atoms with van der Waals surface area (Å²) in [4.78, 5) is 12.2. The first kappa shape index (κ1) is 13.0. The lowest BCUT2D eigenvalue weighted by molar-refractivity contribution is -0.117. The van der Waals surface area contributed by atoms with Gasteiger partial charge in [-0.1, -0.05) is 18.2 Å². The average Bonchev–Trinajstić information content (AvgIpc) is 2.35. The van der Waals surface area contributed by atoms with Crippen LogP contribution in [0.4, 0.5) is 0 Å². The van der Waals surface area contributed by atoms with Crippen LogP contribution in [-0.4, -0.2) is 28.3 Å². The Labute approximate surface area is 112 Å². The number of Topliss-reactive ketones (excluding diaryl/α,β-unsaturated/α-hetero) is 1. The summed E-state index contributed by atoms with van der Waals surface area (Å²) >= 11 is 3.74. The number of thioether (sulfide) groups is 2. The molecule has 0 spiro atoms. The number of rotatable bonds is 3. The predicted octanol–water partition coefficient (Wildman–Crippen LogP) is 3.26. The second-order valence-corrected chi connectivity index (χ2v) is 6.91. The Balaban J connectivity index is 2.07. The minimum Gasteiger partial charge on any atom is -0.298 e. The van der Waals surface area contributed by atoms with Crippen molar-refractivity contribution in [2.24, 2.45) is 0 Å². The van der Waals surface area contributed by atoms with Crippen molar-refractivity contribution < 1.29 is 4.79 Å². The summed E-state index contributed by atoms with van der Waals surface area (Å²) in [5, 5.41) is 0.216. The fraction of sp³-hybridized carbons (Fsp3) is 0.500. The molecule has 1 fully saturated rings. The molecule has 17 heavy (non-hydrogen) atoms. The molecule has 0 amide bonds. The summed E-state index contributed by atoms with van der Waals surface area (Å²) in [5.74, 6) is 3.71. The lowest BCUT2D eigenvalue weighted by Gasteiger charge is -2.20. The maximum Gasteiger partial charge on any atom is 0.151 e. The summed E-state index contributed by atoms with van der Waals surface area (Å²) in [6, 6.07) is 6.25. The van der Waals surface area contributed by atoms with Crippen molar-refractivity contribution in [2.75, 3.05) is 17.3 Å². The van der Waals surface area contributed by atoms with Crippen LogP contribution in [0.3, 0.4) is 0 Å². The standard InChI is InChI=1S/C14H18OS2/c1-10-4-3-5-11(2)12(10)8-13(15)14-9-16-6-7-17-14/h3-5,14H,6-9H2,1-2H3. The average molecular weight is 266 g/mol. The van der Waals surface area contributed by atoms with E-state index in [9.17, 15) is 4.79 Å². The zero-order valence-corrected chi connectivity index (χ0v) is 12.0. The maximum atomic E-state index is 12.2. The largest absolute Gasteiger partial charge is 0.298 e. The molecule has 0 aromatic heterocycles. The van der Waals surface area contributed by atoms with Gasteiger partial charge in [0, 0.05) is 23.7 Å².